The number of fused-ring (bicyclic) bond motifs is 4. The van der Waals surface area contributed by atoms with Crippen LogP contribution in [0.25, 0.3) is 22.0 Å². The van der Waals surface area contributed by atoms with Gasteiger partial charge in [-0.15, -0.1) is 0 Å². The van der Waals surface area contributed by atoms with Crippen molar-refractivity contribution in [2.75, 3.05) is 0 Å². The number of benzene rings is 1. The van der Waals surface area contributed by atoms with E-state index in [1.807, 2.05) is 30.6 Å². The second-order valence-corrected chi connectivity index (χ2v) is 9.25. The van der Waals surface area contributed by atoms with Crippen LogP contribution in [0.5, 0.6) is 0 Å². The van der Waals surface area contributed by atoms with Crippen LogP contribution in [-0.4, -0.2) is 44.0 Å². The Balaban J connectivity index is 1.44. The maximum Gasteiger partial charge on any atom is 0.253 e. The average Bonchev–Trinajstić information content (AvgIpc) is 3.32. The highest BCUT2D eigenvalue weighted by atomic mass is 16.1. The van der Waals surface area contributed by atoms with Gasteiger partial charge in [0.2, 0.25) is 0 Å². The predicted octanol–water partition coefficient (Wildman–Crippen LogP) is 3.20. The van der Waals surface area contributed by atoms with Gasteiger partial charge in [0.25, 0.3) is 5.91 Å². The van der Waals surface area contributed by atoms with E-state index in [-0.39, 0.29) is 17.8 Å². The zero-order valence-corrected chi connectivity index (χ0v) is 19.2. The Hall–Kier alpha value is -4.11. The Morgan fingerprint density at radius 1 is 0.857 bits per heavy atom. The zero-order valence-electron chi connectivity index (χ0n) is 19.2. The molecule has 0 saturated heterocycles. The summed E-state index contributed by atoms with van der Waals surface area (Å²) in [5.41, 5.74) is 11.9. The van der Waals surface area contributed by atoms with Gasteiger partial charge in [0.05, 0.1) is 23.0 Å². The number of nitrogens with one attached hydrogen (secondary N) is 3. The Morgan fingerprint density at radius 3 is 2.54 bits per heavy atom. The summed E-state index contributed by atoms with van der Waals surface area (Å²) >= 11 is 0. The van der Waals surface area contributed by atoms with Crippen LogP contribution in [-0.2, 0) is 6.54 Å². The number of nitrogens with two attached hydrogens (primary N) is 1. The molecule has 0 spiro atoms. The molecule has 0 radical (unpaired) electrons. The van der Waals surface area contributed by atoms with Crippen molar-refractivity contribution in [1.82, 2.24) is 30.8 Å². The molecule has 9 nitrogen and oxygen atoms in total. The molecule has 1 aliphatic carbocycles. The van der Waals surface area contributed by atoms with Gasteiger partial charge in [-0.25, -0.2) is 4.99 Å². The van der Waals surface area contributed by atoms with Gasteiger partial charge in [-0.1, -0.05) is 6.07 Å². The molecule has 35 heavy (non-hydrogen) atoms. The highest BCUT2D eigenvalue weighted by Gasteiger charge is 2.23. The van der Waals surface area contributed by atoms with Crippen LogP contribution in [0.15, 0.2) is 60.1 Å². The number of pyridine rings is 2. The smallest absolute Gasteiger partial charge is 0.253 e. The largest absolute Gasteiger partial charge is 0.382 e. The number of hydrogen-bond acceptors (Lipinski definition) is 7. The number of amidine groups is 1. The van der Waals surface area contributed by atoms with Gasteiger partial charge >= 0.3 is 0 Å². The standard InChI is InChI=1S/C26H26N8O/c27-25-24-22-9-16(1-6-23(22)33-34-24)17-7-15(10-28-12-17)11-30-19-2-4-20(5-3-19)32-26(35)18-8-21(31-25)14-29-13-18/h1,6-10,12-14,19-20,30H,2-5,11H2,(H2,27,31)(H,32,35)(H,33,34). The molecule has 7 rings (SSSR count). The number of H-pyrrole nitrogens is 1. The van der Waals surface area contributed by atoms with Crippen molar-refractivity contribution in [3.8, 4) is 11.1 Å². The van der Waals surface area contributed by atoms with E-state index in [1.165, 1.54) is 0 Å². The van der Waals surface area contributed by atoms with Gasteiger partial charge < -0.3 is 16.4 Å². The zero-order chi connectivity index (χ0) is 23.8. The molecule has 9 heteroatoms. The Bertz CT molecular complexity index is 1430. The third-order valence-corrected chi connectivity index (χ3v) is 6.83. The fourth-order valence-corrected chi connectivity index (χ4v) is 4.91. The van der Waals surface area contributed by atoms with Crippen LogP contribution < -0.4 is 16.4 Å². The van der Waals surface area contributed by atoms with Gasteiger partial charge in [-0.05, 0) is 61.1 Å². The highest BCUT2D eigenvalue weighted by molar-refractivity contribution is 6.08. The van der Waals surface area contributed by atoms with E-state index in [0.717, 1.165) is 59.8 Å². The molecule has 0 unspecified atom stereocenters. The monoisotopic (exact) mass is 466 g/mol. The maximum atomic E-state index is 12.9. The topological polar surface area (TPSA) is 134 Å². The van der Waals surface area contributed by atoms with Crippen LogP contribution in [0.4, 0.5) is 5.69 Å². The van der Waals surface area contributed by atoms with E-state index in [9.17, 15) is 4.79 Å². The second-order valence-electron chi connectivity index (χ2n) is 9.25. The summed E-state index contributed by atoms with van der Waals surface area (Å²) < 4.78 is 0. The quantitative estimate of drug-likeness (QED) is 0.314. The molecule has 2 aliphatic heterocycles. The fraction of sp³-hybridized carbons (Fsp3) is 0.269. The van der Waals surface area contributed by atoms with Gasteiger partial charge in [-0.3, -0.25) is 19.9 Å². The van der Waals surface area contributed by atoms with Crippen molar-refractivity contribution in [3.63, 3.8) is 0 Å². The lowest BCUT2D eigenvalue weighted by Crippen LogP contribution is -2.42. The van der Waals surface area contributed by atoms with Gasteiger partial charge in [-0.2, -0.15) is 5.10 Å². The first-order valence-corrected chi connectivity index (χ1v) is 11.9. The molecule has 1 fully saturated rings. The molecule has 176 valence electrons. The van der Waals surface area contributed by atoms with Crippen molar-refractivity contribution in [2.45, 2.75) is 44.3 Å². The van der Waals surface area contributed by atoms with Gasteiger partial charge in [0.15, 0.2) is 5.84 Å². The fourth-order valence-electron chi connectivity index (χ4n) is 4.91. The Morgan fingerprint density at radius 2 is 1.66 bits per heavy atom. The minimum atomic E-state index is -0.142. The van der Waals surface area contributed by atoms with Crippen LogP contribution in [0, 0.1) is 0 Å². The molecule has 1 amide bonds. The van der Waals surface area contributed by atoms with Crippen molar-refractivity contribution in [1.29, 1.82) is 0 Å². The Labute approximate surface area is 202 Å². The summed E-state index contributed by atoms with van der Waals surface area (Å²) in [6.07, 6.45) is 10.8. The average molecular weight is 467 g/mol. The molecule has 1 saturated carbocycles. The van der Waals surface area contributed by atoms with Crippen LogP contribution in [0.3, 0.4) is 0 Å². The SMILES string of the molecule is NC1=Nc2cncc(c2)C(=O)NC2CCC(CC2)NCc2cncc(c2)-c2ccc3[nH]nc1c3c2. The first kappa shape index (κ1) is 21.4. The summed E-state index contributed by atoms with van der Waals surface area (Å²) in [6, 6.07) is 10.5. The van der Waals surface area contributed by atoms with Crippen molar-refractivity contribution < 1.29 is 4.79 Å². The number of amides is 1. The van der Waals surface area contributed by atoms with Gasteiger partial charge in [0, 0.05) is 48.2 Å². The minimum Gasteiger partial charge on any atom is -0.382 e. The minimum absolute atomic E-state index is 0.142. The number of nitrogens with zero attached hydrogens (tertiary/aromatic N) is 4. The van der Waals surface area contributed by atoms with Crippen molar-refractivity contribution >= 4 is 28.3 Å². The summed E-state index contributed by atoms with van der Waals surface area (Å²) in [5.74, 6) is 0.105. The van der Waals surface area contributed by atoms with Crippen molar-refractivity contribution in [3.05, 3.63) is 71.9 Å². The number of hydrogen-bond donors (Lipinski definition) is 4. The van der Waals surface area contributed by atoms with E-state index in [4.69, 9.17) is 5.73 Å². The number of carbonyl (C=O) groups is 1. The lowest BCUT2D eigenvalue weighted by molar-refractivity contribution is 0.0924. The van der Waals surface area contributed by atoms with E-state index < -0.39 is 0 Å². The number of carbonyl (C=O) groups excluding carboxylic acids is 1. The van der Waals surface area contributed by atoms with E-state index in [1.54, 1.807) is 18.5 Å². The number of aromatic nitrogens is 4. The lowest BCUT2D eigenvalue weighted by atomic mass is 9.91. The maximum absolute atomic E-state index is 12.9. The second kappa shape index (κ2) is 8.92. The van der Waals surface area contributed by atoms with Crippen LogP contribution in [0.1, 0.15) is 47.3 Å². The van der Waals surface area contributed by atoms with Gasteiger partial charge in [0.1, 0.15) is 5.69 Å². The van der Waals surface area contributed by atoms with Crippen molar-refractivity contribution in [2.24, 2.45) is 10.7 Å². The molecule has 0 atom stereocenters. The van der Waals surface area contributed by atoms with Crippen LogP contribution in [0.2, 0.25) is 0 Å². The number of rotatable bonds is 0. The molecular formula is C26H26N8O. The molecule has 1 aromatic carbocycles. The van der Waals surface area contributed by atoms with Crippen LogP contribution >= 0.6 is 0 Å². The summed E-state index contributed by atoms with van der Waals surface area (Å²) in [7, 11) is 0. The molecule has 3 aliphatic rings. The van der Waals surface area contributed by atoms with E-state index in [0.29, 0.717) is 23.0 Å². The van der Waals surface area contributed by atoms with E-state index >= 15 is 0 Å². The first-order valence-electron chi connectivity index (χ1n) is 11.9. The third-order valence-electron chi connectivity index (χ3n) is 6.83. The summed E-state index contributed by atoms with van der Waals surface area (Å²) in [5, 5.41) is 15.1. The molecular weight excluding hydrogens is 440 g/mol. The first-order chi connectivity index (χ1) is 17.1. The Kier molecular flexibility index (Phi) is 5.46. The summed E-state index contributed by atoms with van der Waals surface area (Å²) in [4.78, 5) is 26.1. The third kappa shape index (κ3) is 4.38. The molecule has 4 aromatic rings. The molecule has 3 aromatic heterocycles. The molecule has 8 bridgehead atoms. The predicted molar refractivity (Wildman–Crippen MR) is 134 cm³/mol. The highest BCUT2D eigenvalue weighted by Crippen LogP contribution is 2.27. The number of aromatic amines is 1. The molecule has 5 heterocycles. The normalized spacial score (nSPS) is 20.5. The summed E-state index contributed by atoms with van der Waals surface area (Å²) in [6.45, 7) is 0.750. The number of aliphatic imine (C=N–C) groups is 1. The molecule has 5 N–H and O–H groups in total. The lowest BCUT2D eigenvalue weighted by Gasteiger charge is -2.30. The van der Waals surface area contributed by atoms with E-state index in [2.05, 4.69) is 41.9 Å².